The molecule has 1 fully saturated rings. The van der Waals surface area contributed by atoms with Crippen LogP contribution in [-0.4, -0.2) is 43.3 Å². The van der Waals surface area contributed by atoms with Crippen LogP contribution in [0.1, 0.15) is 16.6 Å². The Labute approximate surface area is 135 Å². The van der Waals surface area contributed by atoms with Crippen molar-refractivity contribution in [1.82, 2.24) is 14.5 Å². The number of carbonyl (C=O) groups is 1. The van der Waals surface area contributed by atoms with E-state index in [1.54, 1.807) is 18.3 Å². The van der Waals surface area contributed by atoms with Crippen LogP contribution in [0.5, 0.6) is 0 Å². The van der Waals surface area contributed by atoms with E-state index in [0.717, 1.165) is 0 Å². The normalized spacial score (nSPS) is 20.4. The van der Waals surface area contributed by atoms with E-state index in [4.69, 9.17) is 9.84 Å². The average molecular weight is 334 g/mol. The molecule has 23 heavy (non-hydrogen) atoms. The fourth-order valence-corrected chi connectivity index (χ4v) is 3.00. The molecule has 2 N–H and O–H groups in total. The van der Waals surface area contributed by atoms with Gasteiger partial charge in [-0.2, -0.15) is 4.98 Å². The molecule has 0 radical (unpaired) electrons. The van der Waals surface area contributed by atoms with Crippen molar-refractivity contribution in [3.63, 3.8) is 0 Å². The van der Waals surface area contributed by atoms with Crippen LogP contribution < -0.4 is 11.0 Å². The van der Waals surface area contributed by atoms with Crippen molar-refractivity contribution in [3.8, 4) is 0 Å². The Morgan fingerprint density at radius 1 is 1.52 bits per heavy atom. The molecule has 3 heterocycles. The number of ether oxygens (including phenoxy) is 1. The zero-order valence-corrected chi connectivity index (χ0v) is 12.8. The highest BCUT2D eigenvalue weighted by Gasteiger charge is 2.27. The number of hydrogen-bond acceptors (Lipinski definition) is 7. The van der Waals surface area contributed by atoms with Crippen molar-refractivity contribution in [2.75, 3.05) is 17.7 Å². The molecule has 0 spiro atoms. The Hall–Kier alpha value is -2.23. The van der Waals surface area contributed by atoms with Crippen LogP contribution in [-0.2, 0) is 4.74 Å². The third kappa shape index (κ3) is 3.58. The van der Waals surface area contributed by atoms with Crippen molar-refractivity contribution in [1.29, 1.82) is 0 Å². The largest absolute Gasteiger partial charge is 0.393 e. The Morgan fingerprint density at radius 3 is 3.04 bits per heavy atom. The number of anilines is 1. The molecule has 120 valence electrons. The molecular weight excluding hydrogens is 320 g/mol. The monoisotopic (exact) mass is 334 g/mol. The van der Waals surface area contributed by atoms with Crippen LogP contribution in [0.15, 0.2) is 41.6 Å². The standard InChI is InChI=1S/C14H14N4O4S/c19-7-12-22-11(8-23-12)18-5-3-10(17-14(18)21)16-13(20)9-2-1-4-15-6-9/h1-6,11-12,19H,7-8H2,(H,16,17,20,21). The predicted octanol–water partition coefficient (Wildman–Crippen LogP) is 0.471. The van der Waals surface area contributed by atoms with Gasteiger partial charge in [-0.05, 0) is 18.2 Å². The van der Waals surface area contributed by atoms with Crippen LogP contribution in [0.2, 0.25) is 0 Å². The minimum Gasteiger partial charge on any atom is -0.393 e. The van der Waals surface area contributed by atoms with E-state index in [9.17, 15) is 9.59 Å². The van der Waals surface area contributed by atoms with Crippen molar-refractivity contribution >= 4 is 23.5 Å². The van der Waals surface area contributed by atoms with Crippen LogP contribution in [0, 0.1) is 0 Å². The van der Waals surface area contributed by atoms with Gasteiger partial charge in [0.1, 0.15) is 17.5 Å². The first kappa shape index (κ1) is 15.7. The quantitative estimate of drug-likeness (QED) is 0.837. The maximum absolute atomic E-state index is 12.1. The number of hydrogen-bond donors (Lipinski definition) is 2. The first-order chi connectivity index (χ1) is 11.2. The second-order valence-electron chi connectivity index (χ2n) is 4.73. The van der Waals surface area contributed by atoms with Crippen molar-refractivity contribution < 1.29 is 14.6 Å². The smallest absolute Gasteiger partial charge is 0.351 e. The first-order valence-corrected chi connectivity index (χ1v) is 7.91. The van der Waals surface area contributed by atoms with E-state index >= 15 is 0 Å². The summed E-state index contributed by atoms with van der Waals surface area (Å²) in [4.78, 5) is 31.8. The van der Waals surface area contributed by atoms with Gasteiger partial charge in [0.05, 0.1) is 12.2 Å². The minimum absolute atomic E-state index is 0.109. The number of thioether (sulfide) groups is 1. The van der Waals surface area contributed by atoms with Gasteiger partial charge >= 0.3 is 5.69 Å². The lowest BCUT2D eigenvalue weighted by Crippen LogP contribution is -2.29. The number of pyridine rings is 1. The van der Waals surface area contributed by atoms with Crippen LogP contribution in [0.3, 0.4) is 0 Å². The van der Waals surface area contributed by atoms with Gasteiger partial charge in [-0.3, -0.25) is 14.3 Å². The van der Waals surface area contributed by atoms with Gasteiger partial charge in [-0.1, -0.05) is 0 Å². The van der Waals surface area contributed by atoms with Gasteiger partial charge in [-0.25, -0.2) is 4.79 Å². The van der Waals surface area contributed by atoms with E-state index in [1.165, 1.54) is 34.8 Å². The summed E-state index contributed by atoms with van der Waals surface area (Å²) in [5, 5.41) is 11.6. The molecular formula is C14H14N4O4S. The topological polar surface area (TPSA) is 106 Å². The number of amides is 1. The maximum atomic E-state index is 12.1. The minimum atomic E-state index is -0.529. The number of carbonyl (C=O) groups excluding carboxylic acids is 1. The Balaban J connectivity index is 1.72. The fourth-order valence-electron chi connectivity index (χ4n) is 2.07. The second kappa shape index (κ2) is 6.90. The third-order valence-corrected chi connectivity index (χ3v) is 4.30. The maximum Gasteiger partial charge on any atom is 0.351 e. The van der Waals surface area contributed by atoms with E-state index in [-0.39, 0.29) is 17.9 Å². The van der Waals surface area contributed by atoms with E-state index in [1.807, 2.05) is 0 Å². The summed E-state index contributed by atoms with van der Waals surface area (Å²) in [5.74, 6) is 0.314. The lowest BCUT2D eigenvalue weighted by molar-refractivity contribution is -0.00629. The average Bonchev–Trinajstić information content (AvgIpc) is 3.04. The molecule has 8 nitrogen and oxygen atoms in total. The summed E-state index contributed by atoms with van der Waals surface area (Å²) in [6.07, 6.45) is 4.03. The summed E-state index contributed by atoms with van der Waals surface area (Å²) in [6.45, 7) is -0.109. The van der Waals surface area contributed by atoms with Gasteiger partial charge in [0.2, 0.25) is 0 Å². The lowest BCUT2D eigenvalue weighted by Gasteiger charge is -2.14. The van der Waals surface area contributed by atoms with Crippen molar-refractivity contribution in [2.24, 2.45) is 0 Å². The van der Waals surface area contributed by atoms with Crippen molar-refractivity contribution in [3.05, 3.63) is 52.8 Å². The number of nitrogens with zero attached hydrogens (tertiary/aromatic N) is 3. The molecule has 3 rings (SSSR count). The molecule has 0 bridgehead atoms. The summed E-state index contributed by atoms with van der Waals surface area (Å²) in [7, 11) is 0. The fraction of sp³-hybridized carbons (Fsp3) is 0.286. The van der Waals surface area contributed by atoms with Gasteiger partial charge in [0.25, 0.3) is 5.91 Å². The number of aromatic nitrogens is 3. The van der Waals surface area contributed by atoms with E-state index in [0.29, 0.717) is 11.3 Å². The molecule has 1 saturated heterocycles. The van der Waals surface area contributed by atoms with E-state index < -0.39 is 17.8 Å². The summed E-state index contributed by atoms with van der Waals surface area (Å²) in [6, 6.07) is 4.78. The molecule has 9 heteroatoms. The highest BCUT2D eigenvalue weighted by Crippen LogP contribution is 2.30. The Kier molecular flexibility index (Phi) is 4.70. The number of aliphatic hydroxyl groups is 1. The van der Waals surface area contributed by atoms with Gasteiger partial charge < -0.3 is 15.2 Å². The first-order valence-electron chi connectivity index (χ1n) is 6.86. The molecule has 2 unspecified atom stereocenters. The molecule has 2 aromatic rings. The third-order valence-electron chi connectivity index (χ3n) is 3.19. The number of rotatable bonds is 4. The van der Waals surface area contributed by atoms with Gasteiger partial charge in [-0.15, -0.1) is 11.8 Å². The number of aliphatic hydroxyl groups excluding tert-OH is 1. The summed E-state index contributed by atoms with van der Waals surface area (Å²) < 4.78 is 6.84. The highest BCUT2D eigenvalue weighted by molar-refractivity contribution is 8.00. The second-order valence-corrected chi connectivity index (χ2v) is 5.93. The van der Waals surface area contributed by atoms with Gasteiger partial charge in [0, 0.05) is 24.3 Å². The zero-order valence-electron chi connectivity index (χ0n) is 12.0. The molecule has 2 aromatic heterocycles. The molecule has 0 aliphatic carbocycles. The SMILES string of the molecule is O=C(Nc1ccn(C2CSC(CO)O2)c(=O)n1)c1cccnc1. The molecule has 0 saturated carbocycles. The molecule has 2 atom stereocenters. The molecule has 1 aliphatic rings. The zero-order chi connectivity index (χ0) is 16.2. The Morgan fingerprint density at radius 2 is 2.39 bits per heavy atom. The predicted molar refractivity (Wildman–Crippen MR) is 84.1 cm³/mol. The Bertz CT molecular complexity index is 752. The van der Waals surface area contributed by atoms with Crippen LogP contribution in [0.4, 0.5) is 5.82 Å². The molecule has 1 amide bonds. The highest BCUT2D eigenvalue weighted by atomic mass is 32.2. The number of nitrogens with one attached hydrogen (secondary N) is 1. The van der Waals surface area contributed by atoms with Crippen molar-refractivity contribution in [2.45, 2.75) is 11.7 Å². The summed E-state index contributed by atoms with van der Waals surface area (Å²) >= 11 is 1.43. The molecule has 1 aliphatic heterocycles. The van der Waals surface area contributed by atoms with E-state index in [2.05, 4.69) is 15.3 Å². The van der Waals surface area contributed by atoms with Crippen LogP contribution >= 0.6 is 11.8 Å². The summed E-state index contributed by atoms with van der Waals surface area (Å²) in [5.41, 5.74) is -0.491. The van der Waals surface area contributed by atoms with Crippen LogP contribution in [0.25, 0.3) is 0 Å². The van der Waals surface area contributed by atoms with Gasteiger partial charge in [0.15, 0.2) is 0 Å². The molecule has 0 aromatic carbocycles. The lowest BCUT2D eigenvalue weighted by atomic mass is 10.3.